The fourth-order valence-corrected chi connectivity index (χ4v) is 4.87. The summed E-state index contributed by atoms with van der Waals surface area (Å²) in [7, 11) is 1.54. The van der Waals surface area contributed by atoms with Gasteiger partial charge in [-0.25, -0.2) is 4.79 Å². The second-order valence-electron chi connectivity index (χ2n) is 8.72. The second kappa shape index (κ2) is 9.48. The highest BCUT2D eigenvalue weighted by atomic mass is 35.5. The number of carbonyl (C=O) groups is 1. The van der Waals surface area contributed by atoms with Crippen molar-refractivity contribution in [1.29, 1.82) is 0 Å². The van der Waals surface area contributed by atoms with Gasteiger partial charge in [0, 0.05) is 10.6 Å². The number of amides is 2. The number of halogens is 4. The van der Waals surface area contributed by atoms with Gasteiger partial charge in [-0.1, -0.05) is 72.3 Å². The first kappa shape index (κ1) is 24.7. The lowest BCUT2D eigenvalue weighted by Crippen LogP contribution is -2.63. The Kier molecular flexibility index (Phi) is 6.33. The van der Waals surface area contributed by atoms with E-state index in [2.05, 4.69) is 5.32 Å². The van der Waals surface area contributed by atoms with Crippen LogP contribution in [0.4, 0.5) is 23.7 Å². The van der Waals surface area contributed by atoms with Crippen molar-refractivity contribution in [1.82, 2.24) is 5.32 Å². The molecule has 0 aromatic heterocycles. The lowest BCUT2D eigenvalue weighted by Gasteiger charge is -2.45. The number of ether oxygens (including phenoxy) is 1. The number of hydrogen-bond acceptors (Lipinski definition) is 2. The van der Waals surface area contributed by atoms with Crippen molar-refractivity contribution in [3.05, 3.63) is 119 Å². The molecule has 0 radical (unpaired) electrons. The molecule has 0 spiro atoms. The van der Waals surface area contributed by atoms with Gasteiger partial charge in [0.1, 0.15) is 5.75 Å². The molecule has 2 amide bonds. The van der Waals surface area contributed by atoms with Crippen molar-refractivity contribution in [2.45, 2.75) is 18.3 Å². The standard InChI is InChI=1S/C29H22ClF3N2O2/c1-37-24-13-10-19(11-14-24)18-35-26-15-12-23(30)17-25(26)28(29(31,32)33,34-27(35)36)22-9-5-8-21(16-22)20-6-3-2-4-7-20/h2-17H,18H2,1H3,(H,34,36)/t28-/m1/s1. The van der Waals surface area contributed by atoms with E-state index in [1.807, 2.05) is 30.3 Å². The minimum Gasteiger partial charge on any atom is -0.497 e. The zero-order valence-electron chi connectivity index (χ0n) is 19.7. The van der Waals surface area contributed by atoms with Crippen molar-refractivity contribution in [2.75, 3.05) is 12.0 Å². The highest BCUT2D eigenvalue weighted by Gasteiger charge is 2.62. The van der Waals surface area contributed by atoms with E-state index in [4.69, 9.17) is 16.3 Å². The van der Waals surface area contributed by atoms with Gasteiger partial charge in [-0.15, -0.1) is 0 Å². The lowest BCUT2D eigenvalue weighted by atomic mass is 9.78. The molecule has 0 saturated carbocycles. The Labute approximate surface area is 217 Å². The number of alkyl halides is 3. The third kappa shape index (κ3) is 4.40. The SMILES string of the molecule is COc1ccc(CN2C(=O)N[C@@](c3cccc(-c4ccccc4)c3)(C(F)(F)F)c3cc(Cl)ccc32)cc1. The lowest BCUT2D eigenvalue weighted by molar-refractivity contribution is -0.184. The summed E-state index contributed by atoms with van der Waals surface area (Å²) in [5.41, 5.74) is -0.843. The van der Waals surface area contributed by atoms with Gasteiger partial charge in [-0.05, 0) is 58.7 Å². The van der Waals surface area contributed by atoms with Crippen LogP contribution in [0.3, 0.4) is 0 Å². The van der Waals surface area contributed by atoms with Crippen molar-refractivity contribution in [3.63, 3.8) is 0 Å². The van der Waals surface area contributed by atoms with E-state index in [0.29, 0.717) is 11.3 Å². The molecule has 37 heavy (non-hydrogen) atoms. The summed E-state index contributed by atoms with van der Waals surface area (Å²) >= 11 is 6.23. The molecule has 5 rings (SSSR count). The van der Waals surface area contributed by atoms with Gasteiger partial charge in [0.25, 0.3) is 0 Å². The molecule has 8 heteroatoms. The molecule has 1 aliphatic heterocycles. The molecule has 0 saturated heterocycles. The second-order valence-corrected chi connectivity index (χ2v) is 9.16. The first-order chi connectivity index (χ1) is 17.7. The van der Waals surface area contributed by atoms with Crippen molar-refractivity contribution >= 4 is 23.3 Å². The average molecular weight is 523 g/mol. The number of hydrogen-bond donors (Lipinski definition) is 1. The number of benzene rings is 4. The Morgan fingerprint density at radius 1 is 0.892 bits per heavy atom. The molecule has 1 N–H and O–H groups in total. The monoisotopic (exact) mass is 522 g/mol. The molecular weight excluding hydrogens is 501 g/mol. The topological polar surface area (TPSA) is 41.6 Å². The van der Waals surface area contributed by atoms with Gasteiger partial charge in [0.05, 0.1) is 19.3 Å². The first-order valence-corrected chi connectivity index (χ1v) is 11.9. The minimum atomic E-state index is -4.87. The zero-order valence-corrected chi connectivity index (χ0v) is 20.5. The predicted molar refractivity (Wildman–Crippen MR) is 138 cm³/mol. The van der Waals surface area contributed by atoms with Gasteiger partial charge >= 0.3 is 12.2 Å². The van der Waals surface area contributed by atoms with Gasteiger partial charge in [-0.3, -0.25) is 4.90 Å². The Morgan fingerprint density at radius 2 is 1.59 bits per heavy atom. The van der Waals surface area contributed by atoms with E-state index >= 15 is 13.2 Å². The summed E-state index contributed by atoms with van der Waals surface area (Å²) in [5, 5.41) is 2.45. The summed E-state index contributed by atoms with van der Waals surface area (Å²) < 4.78 is 50.6. The molecular formula is C29H22ClF3N2O2. The van der Waals surface area contributed by atoms with Gasteiger partial charge < -0.3 is 10.1 Å². The number of anilines is 1. The smallest absolute Gasteiger partial charge is 0.420 e. The highest BCUT2D eigenvalue weighted by molar-refractivity contribution is 6.30. The van der Waals surface area contributed by atoms with E-state index < -0.39 is 17.7 Å². The molecule has 0 bridgehead atoms. The molecule has 1 atom stereocenters. The average Bonchev–Trinajstić information content (AvgIpc) is 2.90. The zero-order chi connectivity index (χ0) is 26.2. The van der Waals surface area contributed by atoms with Crippen LogP contribution in [0.1, 0.15) is 16.7 Å². The quantitative estimate of drug-likeness (QED) is 0.294. The van der Waals surface area contributed by atoms with E-state index in [9.17, 15) is 4.79 Å². The van der Waals surface area contributed by atoms with Crippen LogP contribution in [0.25, 0.3) is 11.1 Å². The molecule has 0 unspecified atom stereocenters. The van der Waals surface area contributed by atoms with E-state index in [-0.39, 0.29) is 28.4 Å². The largest absolute Gasteiger partial charge is 0.497 e. The third-order valence-electron chi connectivity index (χ3n) is 6.52. The van der Waals surface area contributed by atoms with Crippen LogP contribution in [0.2, 0.25) is 5.02 Å². The maximum atomic E-state index is 15.1. The summed E-state index contributed by atoms with van der Waals surface area (Å²) in [4.78, 5) is 14.7. The summed E-state index contributed by atoms with van der Waals surface area (Å²) in [5.74, 6) is 0.633. The van der Waals surface area contributed by atoms with Crippen LogP contribution in [-0.2, 0) is 12.1 Å². The number of rotatable bonds is 5. The van der Waals surface area contributed by atoms with E-state index in [1.165, 1.54) is 42.3 Å². The van der Waals surface area contributed by atoms with Crippen LogP contribution in [0.5, 0.6) is 5.75 Å². The number of urea groups is 1. The number of methoxy groups -OCH3 is 1. The number of nitrogens with one attached hydrogen (secondary N) is 1. The Hall–Kier alpha value is -3.97. The Bertz CT molecular complexity index is 1440. The summed E-state index contributed by atoms with van der Waals surface area (Å²) in [6, 6.07) is 25.6. The van der Waals surface area contributed by atoms with E-state index in [1.54, 1.807) is 36.4 Å². The predicted octanol–water partition coefficient (Wildman–Crippen LogP) is 7.55. The van der Waals surface area contributed by atoms with Gasteiger partial charge in [0.15, 0.2) is 5.54 Å². The van der Waals surface area contributed by atoms with Gasteiger partial charge in [0.2, 0.25) is 0 Å². The molecule has 4 aromatic carbocycles. The minimum absolute atomic E-state index is 0.0580. The molecule has 0 fully saturated rings. The van der Waals surface area contributed by atoms with Crippen LogP contribution < -0.4 is 15.0 Å². The van der Waals surface area contributed by atoms with Crippen LogP contribution in [-0.4, -0.2) is 19.3 Å². The fraction of sp³-hybridized carbons (Fsp3) is 0.138. The van der Waals surface area contributed by atoms with Crippen molar-refractivity contribution < 1.29 is 22.7 Å². The highest BCUT2D eigenvalue weighted by Crippen LogP contribution is 2.51. The number of fused-ring (bicyclic) bond motifs is 1. The van der Waals surface area contributed by atoms with E-state index in [0.717, 1.165) is 11.1 Å². The molecule has 4 aromatic rings. The Balaban J connectivity index is 1.67. The molecule has 1 heterocycles. The first-order valence-electron chi connectivity index (χ1n) is 11.5. The summed E-state index contributed by atoms with van der Waals surface area (Å²) in [6.45, 7) is 0.0580. The molecule has 4 nitrogen and oxygen atoms in total. The maximum absolute atomic E-state index is 15.1. The molecule has 1 aliphatic rings. The third-order valence-corrected chi connectivity index (χ3v) is 6.76. The van der Waals surface area contributed by atoms with Crippen LogP contribution >= 0.6 is 11.6 Å². The maximum Gasteiger partial charge on any atom is 0.420 e. The Morgan fingerprint density at radius 3 is 2.27 bits per heavy atom. The number of carbonyl (C=O) groups excluding carboxylic acids is 1. The van der Waals surface area contributed by atoms with Crippen molar-refractivity contribution in [3.8, 4) is 16.9 Å². The van der Waals surface area contributed by atoms with Gasteiger partial charge in [-0.2, -0.15) is 13.2 Å². The number of nitrogens with zero attached hydrogens (tertiary/aromatic N) is 1. The molecule has 0 aliphatic carbocycles. The van der Waals surface area contributed by atoms with Crippen molar-refractivity contribution in [2.24, 2.45) is 0 Å². The summed E-state index contributed by atoms with van der Waals surface area (Å²) in [6.07, 6.45) is -4.87. The van der Waals surface area contributed by atoms with Crippen LogP contribution in [0.15, 0.2) is 97.1 Å². The fourth-order valence-electron chi connectivity index (χ4n) is 4.70. The van der Waals surface area contributed by atoms with Crippen LogP contribution in [0, 0.1) is 0 Å². The molecule has 188 valence electrons. The normalized spacial score (nSPS) is 17.2.